The van der Waals surface area contributed by atoms with Crippen molar-refractivity contribution >= 4 is 5.91 Å². The van der Waals surface area contributed by atoms with Crippen LogP contribution >= 0.6 is 0 Å². The Kier molecular flexibility index (Phi) is 4.84. The predicted octanol–water partition coefficient (Wildman–Crippen LogP) is -0.0903. The largest absolute Gasteiger partial charge is 0.353 e. The molecule has 2 rings (SSSR count). The van der Waals surface area contributed by atoms with Crippen LogP contribution in [0, 0.1) is 5.92 Å². The zero-order chi connectivity index (χ0) is 13.7. The number of nitrogens with zero attached hydrogens (tertiary/aromatic N) is 5. The van der Waals surface area contributed by atoms with Gasteiger partial charge in [0.2, 0.25) is 5.91 Å². The highest BCUT2D eigenvalue weighted by Crippen LogP contribution is 2.17. The first-order chi connectivity index (χ1) is 9.15. The Morgan fingerprint density at radius 1 is 1.58 bits per heavy atom. The van der Waals surface area contributed by atoms with Crippen molar-refractivity contribution in [3.8, 4) is 0 Å². The molecule has 0 bridgehead atoms. The number of hydrogen-bond acceptors (Lipinski definition) is 5. The minimum absolute atomic E-state index is 0.0517. The molecule has 0 radical (unpaired) electrons. The van der Waals surface area contributed by atoms with Gasteiger partial charge >= 0.3 is 0 Å². The second-order valence-electron chi connectivity index (χ2n) is 5.40. The molecule has 0 aliphatic carbocycles. The van der Waals surface area contributed by atoms with Crippen molar-refractivity contribution in [2.75, 3.05) is 19.6 Å². The number of hydrogen-bond donors (Lipinski definition) is 1. The summed E-state index contributed by atoms with van der Waals surface area (Å²) in [5.74, 6) is 0.706. The van der Waals surface area contributed by atoms with E-state index in [9.17, 15) is 4.79 Å². The van der Waals surface area contributed by atoms with Gasteiger partial charge in [0, 0.05) is 19.1 Å². The Morgan fingerprint density at radius 2 is 2.42 bits per heavy atom. The van der Waals surface area contributed by atoms with E-state index in [2.05, 4.69) is 39.6 Å². The van der Waals surface area contributed by atoms with Crippen molar-refractivity contribution in [2.24, 2.45) is 5.92 Å². The second kappa shape index (κ2) is 6.60. The van der Waals surface area contributed by atoms with Gasteiger partial charge < -0.3 is 5.32 Å². The van der Waals surface area contributed by atoms with Gasteiger partial charge in [-0.05, 0) is 42.7 Å². The third-order valence-corrected chi connectivity index (χ3v) is 3.60. The number of piperidine rings is 1. The summed E-state index contributed by atoms with van der Waals surface area (Å²) in [6, 6.07) is 0.376. The first-order valence-corrected chi connectivity index (χ1v) is 6.86. The zero-order valence-corrected chi connectivity index (χ0v) is 11.6. The molecule has 19 heavy (non-hydrogen) atoms. The third kappa shape index (κ3) is 4.27. The summed E-state index contributed by atoms with van der Waals surface area (Å²) >= 11 is 0. The Bertz CT molecular complexity index is 393. The quantitative estimate of drug-likeness (QED) is 0.806. The number of rotatable bonds is 5. The van der Waals surface area contributed by atoms with E-state index in [1.165, 1.54) is 23.9 Å². The minimum Gasteiger partial charge on any atom is -0.353 e. The van der Waals surface area contributed by atoms with Crippen LogP contribution in [0.2, 0.25) is 0 Å². The standard InChI is InChI=1S/C12H22N6O/c1-10-4-3-5-17(7-10)11(2)6-13-12(19)8-18-9-14-15-16-18/h9-11H,3-8H2,1-2H3,(H,13,19)/t10-,11+/m0/s1. The highest BCUT2D eigenvalue weighted by Gasteiger charge is 2.21. The summed E-state index contributed by atoms with van der Waals surface area (Å²) in [5, 5.41) is 13.6. The first-order valence-electron chi connectivity index (χ1n) is 6.86. The highest BCUT2D eigenvalue weighted by atomic mass is 16.2. The van der Waals surface area contributed by atoms with Gasteiger partial charge in [0.25, 0.3) is 0 Å². The summed E-state index contributed by atoms with van der Waals surface area (Å²) in [6.45, 7) is 7.56. The summed E-state index contributed by atoms with van der Waals surface area (Å²) < 4.78 is 1.42. The fraction of sp³-hybridized carbons (Fsp3) is 0.833. The maximum absolute atomic E-state index is 11.7. The molecule has 1 fully saturated rings. The summed E-state index contributed by atoms with van der Waals surface area (Å²) in [5.41, 5.74) is 0. The van der Waals surface area contributed by atoms with E-state index in [0.29, 0.717) is 12.6 Å². The van der Waals surface area contributed by atoms with E-state index in [4.69, 9.17) is 0 Å². The Morgan fingerprint density at radius 3 is 3.11 bits per heavy atom. The molecule has 1 N–H and O–H groups in total. The van der Waals surface area contributed by atoms with Gasteiger partial charge in [-0.2, -0.15) is 0 Å². The zero-order valence-electron chi connectivity index (χ0n) is 11.6. The lowest BCUT2D eigenvalue weighted by Gasteiger charge is -2.35. The van der Waals surface area contributed by atoms with Crippen molar-refractivity contribution in [1.29, 1.82) is 0 Å². The summed E-state index contributed by atoms with van der Waals surface area (Å²) in [7, 11) is 0. The van der Waals surface area contributed by atoms with Crippen LogP contribution in [0.5, 0.6) is 0 Å². The molecular weight excluding hydrogens is 244 g/mol. The molecule has 0 saturated carbocycles. The number of aromatic nitrogens is 4. The predicted molar refractivity (Wildman–Crippen MR) is 70.3 cm³/mol. The smallest absolute Gasteiger partial charge is 0.241 e. The second-order valence-corrected chi connectivity index (χ2v) is 5.40. The average molecular weight is 266 g/mol. The molecule has 1 aromatic heterocycles. The van der Waals surface area contributed by atoms with Crippen molar-refractivity contribution in [3.63, 3.8) is 0 Å². The van der Waals surface area contributed by atoms with Crippen LogP contribution in [0.1, 0.15) is 26.7 Å². The van der Waals surface area contributed by atoms with Gasteiger partial charge in [0.05, 0.1) is 0 Å². The monoisotopic (exact) mass is 266 g/mol. The molecule has 1 amide bonds. The highest BCUT2D eigenvalue weighted by molar-refractivity contribution is 5.75. The molecule has 1 aliphatic heterocycles. The van der Waals surface area contributed by atoms with Gasteiger partial charge in [-0.15, -0.1) is 5.10 Å². The van der Waals surface area contributed by atoms with Crippen LogP contribution in [-0.2, 0) is 11.3 Å². The fourth-order valence-electron chi connectivity index (χ4n) is 2.47. The van der Waals surface area contributed by atoms with E-state index in [1.54, 1.807) is 0 Å². The number of likely N-dealkylation sites (tertiary alicyclic amines) is 1. The number of amides is 1. The normalized spacial score (nSPS) is 22.1. The van der Waals surface area contributed by atoms with E-state index >= 15 is 0 Å². The molecular formula is C12H22N6O. The number of tetrazole rings is 1. The lowest BCUT2D eigenvalue weighted by Crippen LogP contribution is -2.46. The van der Waals surface area contributed by atoms with Crippen LogP contribution in [0.25, 0.3) is 0 Å². The van der Waals surface area contributed by atoms with Crippen molar-refractivity contribution in [3.05, 3.63) is 6.33 Å². The van der Waals surface area contributed by atoms with Crippen LogP contribution < -0.4 is 5.32 Å². The van der Waals surface area contributed by atoms with Gasteiger partial charge in [-0.25, -0.2) is 4.68 Å². The van der Waals surface area contributed by atoms with Gasteiger partial charge in [-0.1, -0.05) is 6.92 Å². The summed E-state index contributed by atoms with van der Waals surface area (Å²) in [6.07, 6.45) is 4.01. The Labute approximate surface area is 113 Å². The number of carbonyl (C=O) groups is 1. The lowest BCUT2D eigenvalue weighted by molar-refractivity contribution is -0.122. The molecule has 7 nitrogen and oxygen atoms in total. The molecule has 7 heteroatoms. The molecule has 1 saturated heterocycles. The lowest BCUT2D eigenvalue weighted by atomic mass is 9.99. The Balaban J connectivity index is 1.70. The molecule has 106 valence electrons. The molecule has 0 unspecified atom stereocenters. The SMILES string of the molecule is C[C@H]1CCCN([C@H](C)CNC(=O)Cn2cnnn2)C1. The molecule has 0 spiro atoms. The maximum atomic E-state index is 11.7. The van der Waals surface area contributed by atoms with Crippen LogP contribution in [0.3, 0.4) is 0 Å². The molecule has 2 heterocycles. The van der Waals surface area contributed by atoms with Gasteiger partial charge in [0.1, 0.15) is 12.9 Å². The van der Waals surface area contributed by atoms with Crippen molar-refractivity contribution in [2.45, 2.75) is 39.3 Å². The molecule has 2 atom stereocenters. The van der Waals surface area contributed by atoms with Gasteiger partial charge in [0.15, 0.2) is 0 Å². The first kappa shape index (κ1) is 13.9. The molecule has 1 aliphatic rings. The maximum Gasteiger partial charge on any atom is 0.241 e. The molecule has 1 aromatic rings. The van der Waals surface area contributed by atoms with E-state index in [0.717, 1.165) is 19.0 Å². The molecule has 0 aromatic carbocycles. The fourth-order valence-corrected chi connectivity index (χ4v) is 2.47. The van der Waals surface area contributed by atoms with Crippen molar-refractivity contribution < 1.29 is 4.79 Å². The van der Waals surface area contributed by atoms with Gasteiger partial charge in [-0.3, -0.25) is 9.69 Å². The van der Waals surface area contributed by atoms with E-state index < -0.39 is 0 Å². The van der Waals surface area contributed by atoms with Crippen LogP contribution in [0.4, 0.5) is 0 Å². The van der Waals surface area contributed by atoms with Crippen LogP contribution in [-0.4, -0.2) is 56.7 Å². The van der Waals surface area contributed by atoms with Crippen LogP contribution in [0.15, 0.2) is 6.33 Å². The minimum atomic E-state index is -0.0517. The topological polar surface area (TPSA) is 75.9 Å². The number of nitrogens with one attached hydrogen (secondary N) is 1. The number of carbonyl (C=O) groups excluding carboxylic acids is 1. The van der Waals surface area contributed by atoms with E-state index in [-0.39, 0.29) is 12.5 Å². The van der Waals surface area contributed by atoms with Crippen molar-refractivity contribution in [1.82, 2.24) is 30.4 Å². The Hall–Kier alpha value is -1.50. The summed E-state index contributed by atoms with van der Waals surface area (Å²) in [4.78, 5) is 14.2. The van der Waals surface area contributed by atoms with E-state index in [1.807, 2.05) is 0 Å². The third-order valence-electron chi connectivity index (χ3n) is 3.60. The average Bonchev–Trinajstić information content (AvgIpc) is 2.88.